The molecule has 0 spiro atoms. The van der Waals surface area contributed by atoms with Crippen molar-refractivity contribution >= 4 is 40.8 Å². The topological polar surface area (TPSA) is 87.5 Å². The maximum absolute atomic E-state index is 13.3. The number of halogens is 2. The average molecular weight is 471 g/mol. The fraction of sp³-hybridized carbons (Fsp3) is 0.250. The predicted octanol–water partition coefficient (Wildman–Crippen LogP) is 5.05. The van der Waals surface area contributed by atoms with E-state index in [2.05, 4.69) is 41.5 Å². The third-order valence-corrected chi connectivity index (χ3v) is 6.71. The summed E-state index contributed by atoms with van der Waals surface area (Å²) >= 11 is 12.1. The molecule has 2 aliphatic rings. The lowest BCUT2D eigenvalue weighted by molar-refractivity contribution is -0.118. The molecule has 1 aliphatic carbocycles. The third kappa shape index (κ3) is 4.47. The van der Waals surface area contributed by atoms with E-state index < -0.39 is 11.9 Å². The summed E-state index contributed by atoms with van der Waals surface area (Å²) in [5.74, 6) is 0.0642. The Balaban J connectivity index is 1.52. The minimum absolute atomic E-state index is 0.00308. The molecule has 1 heterocycles. The minimum Gasteiger partial charge on any atom is -0.395 e. The number of amides is 3. The van der Waals surface area contributed by atoms with Crippen LogP contribution in [0.15, 0.2) is 72.2 Å². The zero-order valence-electron chi connectivity index (χ0n) is 17.4. The molecular formula is C24H24Cl2N4O2. The van der Waals surface area contributed by atoms with Crippen LogP contribution < -0.4 is 21.3 Å². The molecule has 0 unspecified atom stereocenters. The van der Waals surface area contributed by atoms with Crippen LogP contribution in [0, 0.1) is 0 Å². The van der Waals surface area contributed by atoms with Crippen molar-refractivity contribution in [3.63, 3.8) is 0 Å². The van der Waals surface area contributed by atoms with Gasteiger partial charge in [-0.2, -0.15) is 0 Å². The Labute approximate surface area is 197 Å². The van der Waals surface area contributed by atoms with E-state index in [0.717, 1.165) is 25.7 Å². The summed E-state index contributed by atoms with van der Waals surface area (Å²) in [6.07, 6.45) is 3.65. The number of anilines is 1. The van der Waals surface area contributed by atoms with Gasteiger partial charge in [0.15, 0.2) is 0 Å². The van der Waals surface area contributed by atoms with Crippen molar-refractivity contribution in [2.24, 2.45) is 5.73 Å². The first-order valence-corrected chi connectivity index (χ1v) is 11.2. The van der Waals surface area contributed by atoms with E-state index in [4.69, 9.17) is 28.9 Å². The first-order chi connectivity index (χ1) is 15.3. The van der Waals surface area contributed by atoms with Crippen LogP contribution in [0.2, 0.25) is 10.0 Å². The number of nitrogens with zero attached hydrogens (tertiary/aromatic N) is 1. The van der Waals surface area contributed by atoms with E-state index in [1.165, 1.54) is 16.5 Å². The zero-order chi connectivity index (χ0) is 22.8. The molecule has 32 heavy (non-hydrogen) atoms. The van der Waals surface area contributed by atoms with Crippen LogP contribution >= 0.6 is 23.2 Å². The van der Waals surface area contributed by atoms with E-state index in [-0.39, 0.29) is 28.2 Å². The van der Waals surface area contributed by atoms with E-state index in [1.54, 1.807) is 12.1 Å². The molecule has 2 aromatic carbocycles. The van der Waals surface area contributed by atoms with Gasteiger partial charge in [0.05, 0.1) is 27.1 Å². The molecule has 8 heteroatoms. The SMILES string of the molecule is C=C1NC(=O)N(c2ccc(Cl)c(Cl)c2)C(C(=O)NC2CCC(c3ccccc3)CC2)=C1N. The highest BCUT2D eigenvalue weighted by molar-refractivity contribution is 6.42. The second-order valence-corrected chi connectivity index (χ2v) is 8.85. The highest BCUT2D eigenvalue weighted by atomic mass is 35.5. The lowest BCUT2D eigenvalue weighted by Gasteiger charge is -2.34. The summed E-state index contributed by atoms with van der Waals surface area (Å²) in [6.45, 7) is 3.76. The molecular weight excluding hydrogens is 447 g/mol. The standard InChI is InChI=1S/C24H24Cl2N4O2/c1-14-21(27)22(30(24(32)28-14)18-11-12-19(25)20(26)13-18)23(31)29-17-9-7-16(8-10-17)15-5-3-2-4-6-15/h2-6,11-13,16-17H,1,7-10,27H2,(H,28,32)(H,29,31). The van der Waals surface area contributed by atoms with Crippen LogP contribution in [-0.4, -0.2) is 18.0 Å². The van der Waals surface area contributed by atoms with E-state index in [9.17, 15) is 9.59 Å². The van der Waals surface area contributed by atoms with Gasteiger partial charge in [-0.1, -0.05) is 60.1 Å². The van der Waals surface area contributed by atoms with Gasteiger partial charge in [-0.25, -0.2) is 4.79 Å². The molecule has 2 aromatic rings. The van der Waals surface area contributed by atoms with Crippen molar-refractivity contribution in [1.29, 1.82) is 0 Å². The van der Waals surface area contributed by atoms with Gasteiger partial charge >= 0.3 is 6.03 Å². The Kier molecular flexibility index (Phi) is 6.44. The molecule has 1 fully saturated rings. The van der Waals surface area contributed by atoms with E-state index in [0.29, 0.717) is 16.6 Å². The van der Waals surface area contributed by atoms with Gasteiger partial charge in [-0.15, -0.1) is 0 Å². The van der Waals surface area contributed by atoms with Crippen LogP contribution in [0.4, 0.5) is 10.5 Å². The van der Waals surface area contributed by atoms with Crippen molar-refractivity contribution in [3.8, 4) is 0 Å². The number of carbonyl (C=O) groups is 2. The van der Waals surface area contributed by atoms with Crippen LogP contribution in [0.1, 0.15) is 37.2 Å². The molecule has 1 aliphatic heterocycles. The van der Waals surface area contributed by atoms with Gasteiger partial charge in [-0.05, 0) is 55.4 Å². The Morgan fingerprint density at radius 1 is 1.06 bits per heavy atom. The van der Waals surface area contributed by atoms with E-state index in [1.807, 2.05) is 6.07 Å². The molecule has 0 saturated heterocycles. The predicted molar refractivity (Wildman–Crippen MR) is 127 cm³/mol. The normalized spacial score (nSPS) is 21.4. The second-order valence-electron chi connectivity index (χ2n) is 8.04. The number of carbonyl (C=O) groups excluding carboxylic acids is 2. The first kappa shape index (κ1) is 22.2. The van der Waals surface area contributed by atoms with Crippen LogP contribution in [0.3, 0.4) is 0 Å². The summed E-state index contributed by atoms with van der Waals surface area (Å²) < 4.78 is 0. The molecule has 166 valence electrons. The van der Waals surface area contributed by atoms with Crippen molar-refractivity contribution < 1.29 is 9.59 Å². The van der Waals surface area contributed by atoms with Gasteiger partial charge in [0.1, 0.15) is 5.70 Å². The van der Waals surface area contributed by atoms with Gasteiger partial charge in [-0.3, -0.25) is 9.69 Å². The van der Waals surface area contributed by atoms with Crippen LogP contribution in [-0.2, 0) is 4.79 Å². The molecule has 4 rings (SSSR count). The highest BCUT2D eigenvalue weighted by Crippen LogP contribution is 2.34. The smallest absolute Gasteiger partial charge is 0.331 e. The number of urea groups is 1. The van der Waals surface area contributed by atoms with E-state index >= 15 is 0 Å². The molecule has 6 nitrogen and oxygen atoms in total. The molecule has 0 atom stereocenters. The van der Waals surface area contributed by atoms with Gasteiger partial charge < -0.3 is 16.4 Å². The zero-order valence-corrected chi connectivity index (χ0v) is 18.9. The lowest BCUT2D eigenvalue weighted by atomic mass is 9.82. The first-order valence-electron chi connectivity index (χ1n) is 10.5. The quantitative estimate of drug-likeness (QED) is 0.583. The summed E-state index contributed by atoms with van der Waals surface area (Å²) in [7, 11) is 0. The number of hydrogen-bond acceptors (Lipinski definition) is 3. The Hall–Kier alpha value is -2.96. The second kappa shape index (κ2) is 9.27. The third-order valence-electron chi connectivity index (χ3n) is 5.97. The summed E-state index contributed by atoms with van der Waals surface area (Å²) in [5.41, 5.74) is 8.21. The molecule has 0 bridgehead atoms. The van der Waals surface area contributed by atoms with Crippen molar-refractivity contribution in [2.45, 2.75) is 37.6 Å². The minimum atomic E-state index is -0.541. The largest absolute Gasteiger partial charge is 0.395 e. The number of benzene rings is 2. The number of nitrogens with two attached hydrogens (primary N) is 1. The van der Waals surface area contributed by atoms with Gasteiger partial charge in [0.25, 0.3) is 5.91 Å². The maximum atomic E-state index is 13.3. The summed E-state index contributed by atoms with van der Waals surface area (Å²) in [5, 5.41) is 6.24. The van der Waals surface area contributed by atoms with Gasteiger partial charge in [0, 0.05) is 6.04 Å². The summed E-state index contributed by atoms with van der Waals surface area (Å²) in [4.78, 5) is 27.3. The van der Waals surface area contributed by atoms with Crippen molar-refractivity contribution in [2.75, 3.05) is 4.90 Å². The maximum Gasteiger partial charge on any atom is 0.331 e. The molecule has 0 radical (unpaired) electrons. The van der Waals surface area contributed by atoms with Crippen LogP contribution in [0.5, 0.6) is 0 Å². The number of nitrogens with one attached hydrogen (secondary N) is 2. The number of hydrogen-bond donors (Lipinski definition) is 3. The van der Waals surface area contributed by atoms with Gasteiger partial charge in [0.2, 0.25) is 0 Å². The Morgan fingerprint density at radius 3 is 2.41 bits per heavy atom. The Bertz CT molecular complexity index is 1090. The average Bonchev–Trinajstić information content (AvgIpc) is 2.79. The van der Waals surface area contributed by atoms with Crippen molar-refractivity contribution in [1.82, 2.24) is 10.6 Å². The monoisotopic (exact) mass is 470 g/mol. The van der Waals surface area contributed by atoms with Crippen LogP contribution in [0.25, 0.3) is 0 Å². The molecule has 0 aromatic heterocycles. The molecule has 4 N–H and O–H groups in total. The molecule has 1 saturated carbocycles. The Morgan fingerprint density at radius 2 is 1.75 bits per heavy atom. The lowest BCUT2D eigenvalue weighted by Crippen LogP contribution is -2.51. The number of rotatable bonds is 4. The summed E-state index contributed by atoms with van der Waals surface area (Å²) in [6, 6.07) is 14.6. The fourth-order valence-corrected chi connectivity index (χ4v) is 4.55. The highest BCUT2D eigenvalue weighted by Gasteiger charge is 2.35. The fourth-order valence-electron chi connectivity index (χ4n) is 4.26. The van der Waals surface area contributed by atoms with Crippen molar-refractivity contribution in [3.05, 3.63) is 87.8 Å². The molecule has 3 amide bonds.